The lowest BCUT2D eigenvalue weighted by atomic mass is 9.98. The Morgan fingerprint density at radius 1 is 0.442 bits per heavy atom. The van der Waals surface area contributed by atoms with E-state index < -0.39 is 67.3 Å². The summed E-state index contributed by atoms with van der Waals surface area (Å²) in [6.07, 6.45) is 56.6. The molecule has 438 valence electrons. The predicted molar refractivity (Wildman–Crippen MR) is 312 cm³/mol. The summed E-state index contributed by atoms with van der Waals surface area (Å²) in [7, 11) is 0. The van der Waals surface area contributed by atoms with Gasteiger partial charge < -0.3 is 39.0 Å². The average molecular weight is 1080 g/mol. The van der Waals surface area contributed by atoms with Crippen LogP contribution in [0.2, 0.25) is 0 Å². The minimum atomic E-state index is -1.92. The molecule has 12 nitrogen and oxygen atoms in total. The van der Waals surface area contributed by atoms with E-state index in [1.165, 1.54) is 70.6 Å². The minimum absolute atomic E-state index is 0.0251. The summed E-state index contributed by atoms with van der Waals surface area (Å²) in [5.41, 5.74) is 0. The Labute approximate surface area is 466 Å². The van der Waals surface area contributed by atoms with Crippen molar-refractivity contribution in [3.8, 4) is 0 Å². The standard InChI is InChI=1S/C65H106O12/c1-4-7-10-13-16-19-22-25-28-29-32-35-38-41-44-47-50-53-59(68)76-63-61(70)60(69)62(64(71)72)77-65(63)74-55-56(75-58(67)52-49-46-43-40-37-34-31-27-24-21-18-15-12-9-6-3)54-73-57(66)51-48-45-42-39-36-33-30-26-23-20-17-14-11-8-5-2/h7-8,10-11,16-17,19-20,25-26,28,30,32,35-36,39,56,60-63,65,69-70H,4-6,9,12-15,18,21-24,27,29,31,33-34,37-38,40-55H2,1-3H3,(H,71,72)/b10-7-,11-8-,19-16-,20-17-,28-25-,30-26-,35-32-,39-36-. The molecule has 1 aliphatic heterocycles. The number of carbonyl (C=O) groups is 4. The van der Waals surface area contributed by atoms with Gasteiger partial charge >= 0.3 is 23.9 Å². The van der Waals surface area contributed by atoms with Gasteiger partial charge in [0.1, 0.15) is 18.8 Å². The first-order valence-corrected chi connectivity index (χ1v) is 30.2. The molecular weight excluding hydrogens is 973 g/mol. The highest BCUT2D eigenvalue weighted by atomic mass is 16.7. The van der Waals surface area contributed by atoms with Crippen molar-refractivity contribution in [1.29, 1.82) is 0 Å². The van der Waals surface area contributed by atoms with Gasteiger partial charge in [-0.2, -0.15) is 0 Å². The van der Waals surface area contributed by atoms with Crippen molar-refractivity contribution in [2.24, 2.45) is 0 Å². The lowest BCUT2D eigenvalue weighted by Gasteiger charge is -2.40. The second-order valence-corrected chi connectivity index (χ2v) is 20.2. The molecule has 1 aliphatic rings. The van der Waals surface area contributed by atoms with Gasteiger partial charge in [-0.3, -0.25) is 14.4 Å². The summed E-state index contributed by atoms with van der Waals surface area (Å²) < 4.78 is 28.4. The fourth-order valence-corrected chi connectivity index (χ4v) is 8.58. The van der Waals surface area contributed by atoms with Crippen molar-refractivity contribution >= 4 is 23.9 Å². The monoisotopic (exact) mass is 1080 g/mol. The Hall–Kier alpha value is -4.36. The van der Waals surface area contributed by atoms with E-state index in [0.29, 0.717) is 19.3 Å². The molecule has 0 radical (unpaired) electrons. The van der Waals surface area contributed by atoms with Crippen LogP contribution in [0.3, 0.4) is 0 Å². The number of unbranched alkanes of at least 4 members (excludes halogenated alkanes) is 20. The van der Waals surface area contributed by atoms with Gasteiger partial charge in [0.25, 0.3) is 0 Å². The van der Waals surface area contributed by atoms with Crippen molar-refractivity contribution in [2.75, 3.05) is 13.2 Å². The van der Waals surface area contributed by atoms with Crippen molar-refractivity contribution in [2.45, 2.75) is 276 Å². The highest BCUT2D eigenvalue weighted by Gasteiger charge is 2.50. The normalized spacial score (nSPS) is 18.7. The number of rotatable bonds is 50. The van der Waals surface area contributed by atoms with E-state index in [9.17, 15) is 34.5 Å². The van der Waals surface area contributed by atoms with Crippen LogP contribution in [0.1, 0.15) is 239 Å². The second kappa shape index (κ2) is 52.3. The van der Waals surface area contributed by atoms with Gasteiger partial charge in [-0.05, 0) is 96.3 Å². The highest BCUT2D eigenvalue weighted by molar-refractivity contribution is 5.74. The molecule has 6 atom stereocenters. The third-order valence-corrected chi connectivity index (χ3v) is 13.2. The van der Waals surface area contributed by atoms with E-state index in [-0.39, 0.29) is 25.9 Å². The number of esters is 3. The fraction of sp³-hybridized carbons (Fsp3) is 0.692. The van der Waals surface area contributed by atoms with E-state index in [1.807, 2.05) is 0 Å². The summed E-state index contributed by atoms with van der Waals surface area (Å²) in [5, 5.41) is 31.5. The number of ether oxygens (including phenoxy) is 5. The zero-order valence-corrected chi connectivity index (χ0v) is 48.2. The summed E-state index contributed by atoms with van der Waals surface area (Å²) in [5.74, 6) is -3.21. The van der Waals surface area contributed by atoms with Gasteiger partial charge in [0.15, 0.2) is 24.6 Å². The van der Waals surface area contributed by atoms with Crippen LogP contribution in [0.25, 0.3) is 0 Å². The molecule has 0 spiro atoms. The van der Waals surface area contributed by atoms with E-state index in [0.717, 1.165) is 109 Å². The molecule has 0 bridgehead atoms. The Morgan fingerprint density at radius 3 is 1.27 bits per heavy atom. The third kappa shape index (κ3) is 42.3. The van der Waals surface area contributed by atoms with Gasteiger partial charge in [-0.1, -0.05) is 221 Å². The van der Waals surface area contributed by atoms with Gasteiger partial charge in [0.05, 0.1) is 6.61 Å². The molecule has 77 heavy (non-hydrogen) atoms. The van der Waals surface area contributed by atoms with Crippen LogP contribution < -0.4 is 0 Å². The number of carboxylic acid groups (broad SMARTS) is 1. The third-order valence-electron chi connectivity index (χ3n) is 13.2. The molecule has 0 aromatic rings. The average Bonchev–Trinajstić information content (AvgIpc) is 3.43. The fourth-order valence-electron chi connectivity index (χ4n) is 8.58. The maximum absolute atomic E-state index is 13.2. The largest absolute Gasteiger partial charge is 0.479 e. The molecule has 0 aromatic heterocycles. The Bertz CT molecular complexity index is 1710. The van der Waals surface area contributed by atoms with Crippen LogP contribution in [0, 0.1) is 0 Å². The molecule has 1 saturated heterocycles. The quantitative estimate of drug-likeness (QED) is 0.0228. The molecule has 1 fully saturated rings. The lowest BCUT2D eigenvalue weighted by molar-refractivity contribution is -0.301. The smallest absolute Gasteiger partial charge is 0.335 e. The second-order valence-electron chi connectivity index (χ2n) is 20.2. The van der Waals surface area contributed by atoms with Crippen LogP contribution >= 0.6 is 0 Å². The number of hydrogen-bond acceptors (Lipinski definition) is 11. The number of carboxylic acids is 1. The van der Waals surface area contributed by atoms with Crippen molar-refractivity contribution in [3.05, 3.63) is 97.2 Å². The molecule has 6 unspecified atom stereocenters. The van der Waals surface area contributed by atoms with Gasteiger partial charge in [-0.25, -0.2) is 4.79 Å². The lowest BCUT2D eigenvalue weighted by Crippen LogP contribution is -2.61. The topological polar surface area (TPSA) is 175 Å². The number of allylic oxidation sites excluding steroid dienone is 16. The first-order valence-electron chi connectivity index (χ1n) is 30.2. The summed E-state index contributed by atoms with van der Waals surface area (Å²) in [6.45, 7) is 5.73. The van der Waals surface area contributed by atoms with Gasteiger partial charge in [-0.15, -0.1) is 0 Å². The van der Waals surface area contributed by atoms with Crippen LogP contribution in [0.15, 0.2) is 97.2 Å². The molecule has 0 amide bonds. The number of aliphatic carboxylic acids is 1. The Kier molecular flexibility index (Phi) is 48.0. The van der Waals surface area contributed by atoms with Gasteiger partial charge in [0.2, 0.25) is 0 Å². The van der Waals surface area contributed by atoms with Crippen molar-refractivity contribution in [3.63, 3.8) is 0 Å². The summed E-state index contributed by atoms with van der Waals surface area (Å²) >= 11 is 0. The zero-order valence-electron chi connectivity index (χ0n) is 48.2. The van der Waals surface area contributed by atoms with Crippen LogP contribution in [0.5, 0.6) is 0 Å². The van der Waals surface area contributed by atoms with E-state index in [2.05, 4.69) is 118 Å². The minimum Gasteiger partial charge on any atom is -0.479 e. The van der Waals surface area contributed by atoms with Crippen LogP contribution in [-0.4, -0.2) is 89.2 Å². The van der Waals surface area contributed by atoms with Crippen molar-refractivity contribution in [1.82, 2.24) is 0 Å². The highest BCUT2D eigenvalue weighted by Crippen LogP contribution is 2.26. The molecule has 3 N–H and O–H groups in total. The predicted octanol–water partition coefficient (Wildman–Crippen LogP) is 15.7. The number of aliphatic hydroxyl groups is 2. The molecule has 0 saturated carbocycles. The number of carbonyl (C=O) groups excluding carboxylic acids is 3. The molecule has 1 rings (SSSR count). The SMILES string of the molecule is CC/C=C\C/C=C\C/C=C\C/C=C\CCCCCCC(=O)OC1C(OCC(COC(=O)CCCC/C=C\C/C=C\C/C=C\C/C=C\CC)OC(=O)CCCCCCCCCCCCCCCCC)OC(C(=O)O)C(O)C1O. The molecule has 12 heteroatoms. The Balaban J connectivity index is 2.73. The molecule has 0 aliphatic carbocycles. The maximum Gasteiger partial charge on any atom is 0.335 e. The van der Waals surface area contributed by atoms with E-state index >= 15 is 0 Å². The first kappa shape index (κ1) is 70.7. The molecule has 0 aromatic carbocycles. The van der Waals surface area contributed by atoms with E-state index in [1.54, 1.807) is 0 Å². The summed E-state index contributed by atoms with van der Waals surface area (Å²) in [4.78, 5) is 51.2. The molecule has 1 heterocycles. The maximum atomic E-state index is 13.2. The first-order chi connectivity index (χ1) is 37.6. The van der Waals surface area contributed by atoms with Crippen LogP contribution in [-0.2, 0) is 42.9 Å². The van der Waals surface area contributed by atoms with Crippen LogP contribution in [0.4, 0.5) is 0 Å². The van der Waals surface area contributed by atoms with Crippen molar-refractivity contribution < 1.29 is 58.2 Å². The number of aliphatic hydroxyl groups excluding tert-OH is 2. The zero-order chi connectivity index (χ0) is 56.1. The summed E-state index contributed by atoms with van der Waals surface area (Å²) in [6, 6.07) is 0. The van der Waals surface area contributed by atoms with Gasteiger partial charge in [0, 0.05) is 19.3 Å². The van der Waals surface area contributed by atoms with E-state index in [4.69, 9.17) is 23.7 Å². The number of hydrogen-bond donors (Lipinski definition) is 3. The Morgan fingerprint density at radius 2 is 0.818 bits per heavy atom. The molecular formula is C65H106O12.